The van der Waals surface area contributed by atoms with Crippen molar-refractivity contribution >= 4 is 5.91 Å². The van der Waals surface area contributed by atoms with E-state index in [0.29, 0.717) is 13.1 Å². The summed E-state index contributed by atoms with van der Waals surface area (Å²) in [7, 11) is 0. The molecule has 2 aromatic heterocycles. The number of nitrogen functional groups attached to an aromatic ring is 1. The molecule has 3 N–H and O–H groups in total. The molecule has 6 heteroatoms. The first-order valence-electron chi connectivity index (χ1n) is 6.49. The predicted octanol–water partition coefficient (Wildman–Crippen LogP) is 1.81. The van der Waals surface area contributed by atoms with E-state index in [1.807, 2.05) is 19.1 Å². The fourth-order valence-corrected chi connectivity index (χ4v) is 2.00. The van der Waals surface area contributed by atoms with Crippen LogP contribution in [0.4, 0.5) is 0 Å². The van der Waals surface area contributed by atoms with Gasteiger partial charge in [0, 0.05) is 12.1 Å². The number of nitrogens with zero attached hydrogens (tertiary/aromatic N) is 1. The van der Waals surface area contributed by atoms with Crippen LogP contribution < -0.4 is 11.3 Å². The molecule has 108 valence electrons. The van der Waals surface area contributed by atoms with Gasteiger partial charge in [-0.25, -0.2) is 5.84 Å². The molecule has 6 nitrogen and oxygen atoms in total. The number of carbonyl (C=O) groups excluding carboxylic acids is 1. The van der Waals surface area contributed by atoms with Gasteiger partial charge < -0.3 is 8.83 Å². The first-order valence-corrected chi connectivity index (χ1v) is 6.49. The Kier molecular flexibility index (Phi) is 4.60. The molecule has 0 saturated carbocycles. The minimum atomic E-state index is -0.423. The van der Waals surface area contributed by atoms with E-state index in [4.69, 9.17) is 14.7 Å². The number of furan rings is 2. The van der Waals surface area contributed by atoms with Crippen molar-refractivity contribution in [1.82, 2.24) is 10.3 Å². The highest BCUT2D eigenvalue weighted by atomic mass is 16.4. The van der Waals surface area contributed by atoms with Crippen molar-refractivity contribution in [3.8, 4) is 0 Å². The Labute approximate surface area is 117 Å². The van der Waals surface area contributed by atoms with Gasteiger partial charge in [0.25, 0.3) is 0 Å². The molecule has 2 aromatic rings. The number of nitrogens with two attached hydrogens (primary N) is 1. The molecule has 0 atom stereocenters. The average Bonchev–Trinajstić information content (AvgIpc) is 3.07. The van der Waals surface area contributed by atoms with Gasteiger partial charge in [-0.1, -0.05) is 6.92 Å². The lowest BCUT2D eigenvalue weighted by Crippen LogP contribution is -2.29. The van der Waals surface area contributed by atoms with Crippen molar-refractivity contribution in [2.75, 3.05) is 6.54 Å². The lowest BCUT2D eigenvalue weighted by atomic mass is 10.2. The second kappa shape index (κ2) is 6.40. The number of hydrazine groups is 1. The zero-order valence-electron chi connectivity index (χ0n) is 11.7. The smallest absolute Gasteiger partial charge is 0.300 e. The zero-order valence-corrected chi connectivity index (χ0v) is 11.7. The van der Waals surface area contributed by atoms with Crippen molar-refractivity contribution in [2.24, 2.45) is 5.84 Å². The van der Waals surface area contributed by atoms with Crippen LogP contribution >= 0.6 is 0 Å². The molecule has 0 aliphatic heterocycles. The summed E-state index contributed by atoms with van der Waals surface area (Å²) in [6.07, 6.45) is 1.66. The van der Waals surface area contributed by atoms with Gasteiger partial charge >= 0.3 is 5.91 Å². The van der Waals surface area contributed by atoms with Gasteiger partial charge in [0.1, 0.15) is 11.5 Å². The molecule has 1 amide bonds. The maximum Gasteiger partial charge on any atom is 0.300 e. The highest BCUT2D eigenvalue weighted by Gasteiger charge is 2.16. The molecular formula is C14H19N3O3. The Bertz CT molecular complexity index is 560. The van der Waals surface area contributed by atoms with Gasteiger partial charge in [0.15, 0.2) is 5.76 Å². The molecule has 0 aliphatic rings. The van der Waals surface area contributed by atoms with Crippen LogP contribution in [0.2, 0.25) is 0 Å². The Morgan fingerprint density at radius 3 is 2.85 bits per heavy atom. The van der Waals surface area contributed by atoms with E-state index in [9.17, 15) is 4.79 Å². The summed E-state index contributed by atoms with van der Waals surface area (Å²) in [5.74, 6) is 6.54. The molecule has 0 aromatic carbocycles. The largest absolute Gasteiger partial charge is 0.468 e. The van der Waals surface area contributed by atoms with Crippen molar-refractivity contribution in [3.05, 3.63) is 47.3 Å². The van der Waals surface area contributed by atoms with Crippen LogP contribution in [0.15, 0.2) is 33.3 Å². The molecule has 0 aliphatic carbocycles. The van der Waals surface area contributed by atoms with E-state index < -0.39 is 5.91 Å². The summed E-state index contributed by atoms with van der Waals surface area (Å²) in [6, 6.07) is 5.54. The van der Waals surface area contributed by atoms with Crippen LogP contribution in [-0.2, 0) is 13.1 Å². The number of hydrogen-bond acceptors (Lipinski definition) is 5. The summed E-state index contributed by atoms with van der Waals surface area (Å²) < 4.78 is 10.8. The van der Waals surface area contributed by atoms with Gasteiger partial charge in [-0.15, -0.1) is 0 Å². The SMILES string of the molecule is CCN(Cc1ccco1)Cc1cc(C(=O)NN)oc1C. The van der Waals surface area contributed by atoms with Crippen LogP contribution in [0, 0.1) is 6.92 Å². The Morgan fingerprint density at radius 2 is 2.25 bits per heavy atom. The lowest BCUT2D eigenvalue weighted by molar-refractivity contribution is 0.0924. The zero-order chi connectivity index (χ0) is 14.5. The molecule has 0 unspecified atom stereocenters. The lowest BCUT2D eigenvalue weighted by Gasteiger charge is -2.18. The minimum absolute atomic E-state index is 0.231. The third-order valence-electron chi connectivity index (χ3n) is 3.18. The standard InChI is InChI=1S/C14H19N3O3/c1-3-17(9-12-5-4-6-19-12)8-11-7-13(14(18)16-15)20-10(11)2/h4-7H,3,8-9,15H2,1-2H3,(H,16,18). The van der Waals surface area contributed by atoms with E-state index in [2.05, 4.69) is 17.2 Å². The van der Waals surface area contributed by atoms with E-state index in [1.165, 1.54) is 0 Å². The summed E-state index contributed by atoms with van der Waals surface area (Å²) in [6.45, 7) is 6.18. The topological polar surface area (TPSA) is 84.6 Å². The van der Waals surface area contributed by atoms with Gasteiger partial charge in [-0.2, -0.15) is 0 Å². The molecule has 0 spiro atoms. The maximum atomic E-state index is 11.4. The molecule has 0 saturated heterocycles. The van der Waals surface area contributed by atoms with E-state index >= 15 is 0 Å². The van der Waals surface area contributed by atoms with Gasteiger partial charge in [-0.3, -0.25) is 15.1 Å². The summed E-state index contributed by atoms with van der Waals surface area (Å²) >= 11 is 0. The number of hydrogen-bond donors (Lipinski definition) is 2. The maximum absolute atomic E-state index is 11.4. The Morgan fingerprint density at radius 1 is 1.45 bits per heavy atom. The summed E-state index contributed by atoms with van der Waals surface area (Å²) in [4.78, 5) is 13.6. The van der Waals surface area contributed by atoms with Gasteiger partial charge in [0.2, 0.25) is 0 Å². The van der Waals surface area contributed by atoms with Crippen molar-refractivity contribution in [3.63, 3.8) is 0 Å². The number of nitrogens with one attached hydrogen (secondary N) is 1. The number of aryl methyl sites for hydroxylation is 1. The highest BCUT2D eigenvalue weighted by molar-refractivity contribution is 5.91. The third-order valence-corrected chi connectivity index (χ3v) is 3.18. The molecule has 2 heterocycles. The highest BCUT2D eigenvalue weighted by Crippen LogP contribution is 2.18. The second-order valence-corrected chi connectivity index (χ2v) is 4.55. The van der Waals surface area contributed by atoms with Crippen LogP contribution in [-0.4, -0.2) is 17.4 Å². The quantitative estimate of drug-likeness (QED) is 0.478. The minimum Gasteiger partial charge on any atom is -0.468 e. The van der Waals surface area contributed by atoms with E-state index in [0.717, 1.165) is 23.6 Å². The molecule has 0 fully saturated rings. The van der Waals surface area contributed by atoms with Crippen molar-refractivity contribution < 1.29 is 13.6 Å². The van der Waals surface area contributed by atoms with Crippen LogP contribution in [0.1, 0.15) is 34.6 Å². The van der Waals surface area contributed by atoms with Gasteiger partial charge in [-0.05, 0) is 31.7 Å². The van der Waals surface area contributed by atoms with Crippen molar-refractivity contribution in [2.45, 2.75) is 26.9 Å². The first-order chi connectivity index (χ1) is 9.63. The Balaban J connectivity index is 2.07. The van der Waals surface area contributed by atoms with Crippen molar-refractivity contribution in [1.29, 1.82) is 0 Å². The third kappa shape index (κ3) is 3.28. The Hall–Kier alpha value is -2.05. The normalized spacial score (nSPS) is 11.0. The molecule has 20 heavy (non-hydrogen) atoms. The van der Waals surface area contributed by atoms with Gasteiger partial charge in [0.05, 0.1) is 12.8 Å². The van der Waals surface area contributed by atoms with Crippen LogP contribution in [0.25, 0.3) is 0 Å². The first kappa shape index (κ1) is 14.4. The number of carbonyl (C=O) groups is 1. The molecular weight excluding hydrogens is 258 g/mol. The van der Waals surface area contributed by atoms with Crippen LogP contribution in [0.5, 0.6) is 0 Å². The fourth-order valence-electron chi connectivity index (χ4n) is 2.00. The number of rotatable bonds is 6. The van der Waals surface area contributed by atoms with E-state index in [1.54, 1.807) is 12.3 Å². The van der Waals surface area contributed by atoms with Crippen LogP contribution in [0.3, 0.4) is 0 Å². The molecule has 0 radical (unpaired) electrons. The second-order valence-electron chi connectivity index (χ2n) is 4.55. The summed E-state index contributed by atoms with van der Waals surface area (Å²) in [5, 5.41) is 0. The summed E-state index contributed by atoms with van der Waals surface area (Å²) in [5.41, 5.74) is 3.03. The predicted molar refractivity (Wildman–Crippen MR) is 73.6 cm³/mol. The monoisotopic (exact) mass is 277 g/mol. The van der Waals surface area contributed by atoms with E-state index in [-0.39, 0.29) is 5.76 Å². The molecule has 2 rings (SSSR count). The number of amides is 1. The molecule has 0 bridgehead atoms. The fraction of sp³-hybridized carbons (Fsp3) is 0.357. The average molecular weight is 277 g/mol.